The van der Waals surface area contributed by atoms with Crippen molar-refractivity contribution in [2.75, 3.05) is 32.7 Å². The van der Waals surface area contributed by atoms with Crippen LogP contribution in [0.1, 0.15) is 50.3 Å². The van der Waals surface area contributed by atoms with E-state index in [1.165, 1.54) is 11.1 Å². The lowest BCUT2D eigenvalue weighted by molar-refractivity contribution is -0.137. The third-order valence-electron chi connectivity index (χ3n) is 8.01. The number of nitrogens with zero attached hydrogens (tertiary/aromatic N) is 4. The number of piperidine rings is 1. The van der Waals surface area contributed by atoms with Crippen molar-refractivity contribution in [2.45, 2.75) is 45.2 Å². The second kappa shape index (κ2) is 11.2. The van der Waals surface area contributed by atoms with Gasteiger partial charge in [-0.25, -0.2) is 0 Å². The quantitative estimate of drug-likeness (QED) is 0.468. The molecule has 0 saturated carbocycles. The normalized spacial score (nSPS) is 20.2. The molecule has 2 fully saturated rings. The van der Waals surface area contributed by atoms with E-state index in [9.17, 15) is 9.59 Å². The Morgan fingerprint density at radius 1 is 1.00 bits per heavy atom. The molecule has 0 bridgehead atoms. The highest BCUT2D eigenvalue weighted by Gasteiger charge is 2.34. The van der Waals surface area contributed by atoms with Crippen LogP contribution in [0.25, 0.3) is 10.9 Å². The standard InChI is InChI=1S/C30H35ClN4O2/c1-21-20-34(17-18-35(21)28(37)19-23-12-15-33(16-13-23)22(2)36)30(25-8-10-26(31)11-9-25)27-7-3-5-24-6-4-14-32-29(24)27/h3-11,14,21,23,30H,12-13,15-20H2,1-2H3. The maximum Gasteiger partial charge on any atom is 0.223 e. The smallest absolute Gasteiger partial charge is 0.223 e. The zero-order chi connectivity index (χ0) is 25.9. The molecule has 0 aliphatic carbocycles. The van der Waals surface area contributed by atoms with Gasteiger partial charge < -0.3 is 9.80 Å². The Bertz CT molecular complexity index is 1250. The molecule has 3 aromatic rings. The number of piperazine rings is 1. The summed E-state index contributed by atoms with van der Waals surface area (Å²) in [7, 11) is 0. The largest absolute Gasteiger partial charge is 0.343 e. The van der Waals surface area contributed by atoms with Gasteiger partial charge in [-0.3, -0.25) is 19.5 Å². The van der Waals surface area contributed by atoms with Crippen LogP contribution < -0.4 is 0 Å². The van der Waals surface area contributed by atoms with Gasteiger partial charge in [0.25, 0.3) is 0 Å². The van der Waals surface area contributed by atoms with Crippen molar-refractivity contribution in [3.8, 4) is 0 Å². The number of carbonyl (C=O) groups is 2. The van der Waals surface area contributed by atoms with E-state index in [0.29, 0.717) is 18.9 Å². The molecule has 3 heterocycles. The zero-order valence-electron chi connectivity index (χ0n) is 21.6. The third kappa shape index (κ3) is 5.65. The molecular formula is C30H35ClN4O2. The molecule has 0 spiro atoms. The summed E-state index contributed by atoms with van der Waals surface area (Å²) in [5.41, 5.74) is 3.35. The highest BCUT2D eigenvalue weighted by atomic mass is 35.5. The number of aromatic nitrogens is 1. The van der Waals surface area contributed by atoms with Crippen LogP contribution in [0.4, 0.5) is 0 Å². The summed E-state index contributed by atoms with van der Waals surface area (Å²) in [5, 5.41) is 1.84. The maximum atomic E-state index is 13.3. The fraction of sp³-hybridized carbons (Fsp3) is 0.433. The summed E-state index contributed by atoms with van der Waals surface area (Å²) in [5.74, 6) is 0.728. The number of rotatable bonds is 5. The van der Waals surface area contributed by atoms with E-state index in [4.69, 9.17) is 16.6 Å². The number of fused-ring (bicyclic) bond motifs is 1. The molecule has 2 aromatic carbocycles. The van der Waals surface area contributed by atoms with Crippen LogP contribution in [-0.2, 0) is 9.59 Å². The maximum absolute atomic E-state index is 13.3. The first kappa shape index (κ1) is 25.7. The van der Waals surface area contributed by atoms with Crippen molar-refractivity contribution in [1.29, 1.82) is 0 Å². The Hall–Kier alpha value is -2.96. The molecule has 0 N–H and O–H groups in total. The summed E-state index contributed by atoms with van der Waals surface area (Å²) in [6.07, 6.45) is 4.24. The molecule has 0 radical (unpaired) electrons. The number of hydrogen-bond donors (Lipinski definition) is 0. The Morgan fingerprint density at radius 3 is 2.43 bits per heavy atom. The molecule has 2 saturated heterocycles. The second-order valence-corrected chi connectivity index (χ2v) is 10.9. The fourth-order valence-corrected chi connectivity index (χ4v) is 6.11. The lowest BCUT2D eigenvalue weighted by atomic mass is 9.92. The predicted molar refractivity (Wildman–Crippen MR) is 147 cm³/mol. The first-order valence-corrected chi connectivity index (χ1v) is 13.7. The van der Waals surface area contributed by atoms with Gasteiger partial charge in [-0.1, -0.05) is 48.0 Å². The van der Waals surface area contributed by atoms with E-state index in [1.54, 1.807) is 6.92 Å². The van der Waals surface area contributed by atoms with Crippen molar-refractivity contribution >= 4 is 34.3 Å². The average Bonchev–Trinajstić information content (AvgIpc) is 2.90. The van der Waals surface area contributed by atoms with E-state index >= 15 is 0 Å². The first-order valence-electron chi connectivity index (χ1n) is 13.3. The summed E-state index contributed by atoms with van der Waals surface area (Å²) < 4.78 is 0. The second-order valence-electron chi connectivity index (χ2n) is 10.5. The molecule has 37 heavy (non-hydrogen) atoms. The number of pyridine rings is 1. The minimum absolute atomic E-state index is 0.0199. The molecule has 194 valence electrons. The van der Waals surface area contributed by atoms with Gasteiger partial charge in [0.1, 0.15) is 0 Å². The number of carbonyl (C=O) groups excluding carboxylic acids is 2. The minimum Gasteiger partial charge on any atom is -0.343 e. The topological polar surface area (TPSA) is 56.8 Å². The number of halogens is 1. The van der Waals surface area contributed by atoms with Crippen molar-refractivity contribution in [1.82, 2.24) is 19.7 Å². The molecule has 2 aliphatic rings. The molecule has 5 rings (SSSR count). The first-order chi connectivity index (χ1) is 17.9. The van der Waals surface area contributed by atoms with Gasteiger partial charge in [0, 0.05) is 74.3 Å². The third-order valence-corrected chi connectivity index (χ3v) is 8.26. The molecule has 6 nitrogen and oxygen atoms in total. The van der Waals surface area contributed by atoms with Crippen molar-refractivity contribution < 1.29 is 9.59 Å². The number of amides is 2. The summed E-state index contributed by atoms with van der Waals surface area (Å²) >= 11 is 6.23. The van der Waals surface area contributed by atoms with Crippen LogP contribution in [0, 0.1) is 5.92 Å². The van der Waals surface area contributed by atoms with Crippen molar-refractivity contribution in [3.05, 3.63) is 76.9 Å². The van der Waals surface area contributed by atoms with E-state index in [-0.39, 0.29) is 23.9 Å². The lowest BCUT2D eigenvalue weighted by Crippen LogP contribution is -2.55. The number of benzene rings is 2. The summed E-state index contributed by atoms with van der Waals surface area (Å²) in [6.45, 7) is 7.58. The highest BCUT2D eigenvalue weighted by molar-refractivity contribution is 6.30. The molecule has 2 atom stereocenters. The van der Waals surface area contributed by atoms with Gasteiger partial charge in [-0.05, 0) is 49.4 Å². The van der Waals surface area contributed by atoms with Gasteiger partial charge in [-0.15, -0.1) is 0 Å². The minimum atomic E-state index is 0.0199. The van der Waals surface area contributed by atoms with Gasteiger partial charge in [-0.2, -0.15) is 0 Å². The summed E-state index contributed by atoms with van der Waals surface area (Å²) in [4.78, 5) is 36.1. The van der Waals surface area contributed by atoms with E-state index in [1.807, 2.05) is 29.3 Å². The van der Waals surface area contributed by atoms with Crippen LogP contribution in [0.15, 0.2) is 60.8 Å². The van der Waals surface area contributed by atoms with Gasteiger partial charge in [0.2, 0.25) is 11.8 Å². The van der Waals surface area contributed by atoms with Crippen LogP contribution in [0.3, 0.4) is 0 Å². The SMILES string of the molecule is CC(=O)N1CCC(CC(=O)N2CCN(C(c3ccc(Cl)cc3)c3cccc4cccnc34)CC2C)CC1. The lowest BCUT2D eigenvalue weighted by Gasteiger charge is -2.44. The van der Waals surface area contributed by atoms with Gasteiger partial charge in [0.05, 0.1) is 11.6 Å². The molecule has 2 amide bonds. The number of hydrogen-bond acceptors (Lipinski definition) is 4. The molecular weight excluding hydrogens is 484 g/mol. The van der Waals surface area contributed by atoms with Crippen LogP contribution in [0.5, 0.6) is 0 Å². The Labute approximate surface area is 224 Å². The van der Waals surface area contributed by atoms with Crippen molar-refractivity contribution in [2.24, 2.45) is 5.92 Å². The average molecular weight is 519 g/mol. The van der Waals surface area contributed by atoms with Crippen LogP contribution >= 0.6 is 11.6 Å². The number of likely N-dealkylation sites (tertiary alicyclic amines) is 1. The van der Waals surface area contributed by atoms with E-state index in [0.717, 1.165) is 54.9 Å². The molecule has 2 unspecified atom stereocenters. The fourth-order valence-electron chi connectivity index (χ4n) is 5.99. The molecule has 7 heteroatoms. The van der Waals surface area contributed by atoms with E-state index in [2.05, 4.69) is 53.1 Å². The predicted octanol–water partition coefficient (Wildman–Crippen LogP) is 5.16. The van der Waals surface area contributed by atoms with Gasteiger partial charge >= 0.3 is 0 Å². The number of para-hydroxylation sites is 1. The molecule has 2 aliphatic heterocycles. The van der Waals surface area contributed by atoms with Crippen LogP contribution in [0.2, 0.25) is 5.02 Å². The highest BCUT2D eigenvalue weighted by Crippen LogP contribution is 2.35. The van der Waals surface area contributed by atoms with E-state index < -0.39 is 0 Å². The summed E-state index contributed by atoms with van der Waals surface area (Å²) in [6, 6.07) is 18.7. The molecule has 1 aromatic heterocycles. The Kier molecular flexibility index (Phi) is 7.77. The zero-order valence-corrected chi connectivity index (χ0v) is 22.4. The monoisotopic (exact) mass is 518 g/mol. The van der Waals surface area contributed by atoms with Crippen LogP contribution in [-0.4, -0.2) is 70.3 Å². The Morgan fingerprint density at radius 2 is 1.73 bits per heavy atom. The van der Waals surface area contributed by atoms with Gasteiger partial charge in [0.15, 0.2) is 0 Å². The van der Waals surface area contributed by atoms with Crippen molar-refractivity contribution in [3.63, 3.8) is 0 Å². The Balaban J connectivity index is 1.33.